The number of aliphatic hydroxyl groups excluding tert-OH is 1. The summed E-state index contributed by atoms with van der Waals surface area (Å²) in [5.74, 6) is 0. The van der Waals surface area contributed by atoms with Crippen molar-refractivity contribution in [2.45, 2.75) is 38.8 Å². The van der Waals surface area contributed by atoms with E-state index >= 15 is 0 Å². The van der Waals surface area contributed by atoms with E-state index in [1.165, 1.54) is 5.56 Å². The van der Waals surface area contributed by atoms with Gasteiger partial charge >= 0.3 is 0 Å². The van der Waals surface area contributed by atoms with Crippen LogP contribution in [0.3, 0.4) is 0 Å². The number of aliphatic hydroxyl groups is 1. The summed E-state index contributed by atoms with van der Waals surface area (Å²) in [5.41, 5.74) is 1.35. The van der Waals surface area contributed by atoms with E-state index in [0.29, 0.717) is 12.6 Å². The molecule has 0 aliphatic carbocycles. The molecular formula is C15H25NO2. The molecule has 0 saturated heterocycles. The third kappa shape index (κ3) is 6.74. The first-order valence-electron chi connectivity index (χ1n) is 6.71. The largest absolute Gasteiger partial charge is 0.395 e. The van der Waals surface area contributed by atoms with E-state index in [1.807, 2.05) is 6.07 Å². The van der Waals surface area contributed by atoms with Gasteiger partial charge in [0, 0.05) is 12.6 Å². The van der Waals surface area contributed by atoms with Crippen molar-refractivity contribution in [3.8, 4) is 0 Å². The van der Waals surface area contributed by atoms with Crippen molar-refractivity contribution >= 4 is 0 Å². The van der Waals surface area contributed by atoms with Gasteiger partial charge in [0.15, 0.2) is 0 Å². The molecule has 0 bridgehead atoms. The van der Waals surface area contributed by atoms with Crippen LogP contribution in [-0.2, 0) is 11.2 Å². The summed E-state index contributed by atoms with van der Waals surface area (Å²) in [7, 11) is 0. The number of ether oxygens (including phenoxy) is 1. The Morgan fingerprint density at radius 3 is 2.56 bits per heavy atom. The Hall–Kier alpha value is -0.900. The van der Waals surface area contributed by atoms with Crippen LogP contribution in [-0.4, -0.2) is 37.0 Å². The molecular weight excluding hydrogens is 226 g/mol. The SMILES string of the molecule is CC(C)NC(CO)COCCCc1ccccc1. The van der Waals surface area contributed by atoms with Crippen molar-refractivity contribution in [1.82, 2.24) is 5.32 Å². The van der Waals surface area contributed by atoms with E-state index < -0.39 is 0 Å². The molecule has 1 aromatic carbocycles. The van der Waals surface area contributed by atoms with E-state index in [9.17, 15) is 0 Å². The van der Waals surface area contributed by atoms with E-state index in [1.54, 1.807) is 0 Å². The summed E-state index contributed by atoms with van der Waals surface area (Å²) in [4.78, 5) is 0. The zero-order chi connectivity index (χ0) is 13.2. The highest BCUT2D eigenvalue weighted by molar-refractivity contribution is 5.14. The quantitative estimate of drug-likeness (QED) is 0.660. The molecule has 102 valence electrons. The summed E-state index contributed by atoms with van der Waals surface area (Å²) in [6.45, 7) is 5.57. The molecule has 1 unspecified atom stereocenters. The van der Waals surface area contributed by atoms with Crippen molar-refractivity contribution in [3.05, 3.63) is 35.9 Å². The molecule has 0 spiro atoms. The molecule has 0 aliphatic rings. The first-order chi connectivity index (χ1) is 8.72. The zero-order valence-corrected chi connectivity index (χ0v) is 11.4. The van der Waals surface area contributed by atoms with Gasteiger partial charge < -0.3 is 15.2 Å². The molecule has 0 amide bonds. The molecule has 2 N–H and O–H groups in total. The van der Waals surface area contributed by atoms with Gasteiger partial charge in [0.25, 0.3) is 0 Å². The van der Waals surface area contributed by atoms with Crippen LogP contribution in [0.1, 0.15) is 25.8 Å². The minimum absolute atomic E-state index is 0.0433. The number of nitrogens with one attached hydrogen (secondary N) is 1. The minimum Gasteiger partial charge on any atom is -0.395 e. The van der Waals surface area contributed by atoms with E-state index in [4.69, 9.17) is 9.84 Å². The Balaban J connectivity index is 2.07. The van der Waals surface area contributed by atoms with Crippen molar-refractivity contribution in [3.63, 3.8) is 0 Å². The predicted octanol–water partition coefficient (Wildman–Crippen LogP) is 1.99. The van der Waals surface area contributed by atoms with Crippen LogP contribution in [0.4, 0.5) is 0 Å². The van der Waals surface area contributed by atoms with Gasteiger partial charge in [-0.05, 0) is 18.4 Å². The molecule has 1 atom stereocenters. The van der Waals surface area contributed by atoms with Crippen molar-refractivity contribution in [2.75, 3.05) is 19.8 Å². The lowest BCUT2D eigenvalue weighted by atomic mass is 10.1. The summed E-state index contributed by atoms with van der Waals surface area (Å²) >= 11 is 0. The van der Waals surface area contributed by atoms with E-state index in [2.05, 4.69) is 43.4 Å². The lowest BCUT2D eigenvalue weighted by Crippen LogP contribution is -2.40. The molecule has 0 aromatic heterocycles. The monoisotopic (exact) mass is 251 g/mol. The number of hydrogen-bond donors (Lipinski definition) is 2. The molecule has 0 saturated carbocycles. The van der Waals surface area contributed by atoms with Crippen molar-refractivity contribution in [1.29, 1.82) is 0 Å². The Bertz CT molecular complexity index is 301. The molecule has 1 aromatic rings. The van der Waals surface area contributed by atoms with E-state index in [0.717, 1.165) is 19.4 Å². The summed E-state index contributed by atoms with van der Waals surface area (Å²) in [6.07, 6.45) is 2.06. The maximum Gasteiger partial charge on any atom is 0.0642 e. The number of rotatable bonds is 9. The van der Waals surface area contributed by atoms with Crippen LogP contribution >= 0.6 is 0 Å². The van der Waals surface area contributed by atoms with Gasteiger partial charge in [0.05, 0.1) is 19.3 Å². The second-order valence-electron chi connectivity index (χ2n) is 4.86. The average molecular weight is 251 g/mol. The van der Waals surface area contributed by atoms with Crippen LogP contribution in [0.15, 0.2) is 30.3 Å². The molecule has 0 heterocycles. The van der Waals surface area contributed by atoms with Crippen LogP contribution in [0.5, 0.6) is 0 Å². The van der Waals surface area contributed by atoms with Crippen LogP contribution < -0.4 is 5.32 Å². The standard InChI is InChI=1S/C15H25NO2/c1-13(2)16-15(11-17)12-18-10-6-9-14-7-4-3-5-8-14/h3-5,7-8,13,15-17H,6,9-12H2,1-2H3. The van der Waals surface area contributed by atoms with Crippen molar-refractivity contribution < 1.29 is 9.84 Å². The maximum atomic E-state index is 9.17. The van der Waals surface area contributed by atoms with Gasteiger partial charge in [0.1, 0.15) is 0 Å². The first kappa shape index (κ1) is 15.2. The molecule has 0 aliphatic heterocycles. The van der Waals surface area contributed by atoms with Gasteiger partial charge in [-0.1, -0.05) is 44.2 Å². The highest BCUT2D eigenvalue weighted by Crippen LogP contribution is 2.02. The number of aryl methyl sites for hydroxylation is 1. The number of hydrogen-bond acceptors (Lipinski definition) is 3. The second kappa shape index (κ2) is 9.09. The average Bonchev–Trinajstić information content (AvgIpc) is 2.37. The van der Waals surface area contributed by atoms with Crippen LogP contribution in [0.25, 0.3) is 0 Å². The summed E-state index contributed by atoms with van der Waals surface area (Å²) in [5, 5.41) is 12.4. The smallest absolute Gasteiger partial charge is 0.0642 e. The zero-order valence-electron chi connectivity index (χ0n) is 11.4. The molecule has 3 heteroatoms. The van der Waals surface area contributed by atoms with Gasteiger partial charge in [-0.25, -0.2) is 0 Å². The fourth-order valence-electron chi connectivity index (χ4n) is 1.87. The fraction of sp³-hybridized carbons (Fsp3) is 0.600. The van der Waals surface area contributed by atoms with Crippen LogP contribution in [0, 0.1) is 0 Å². The maximum absolute atomic E-state index is 9.17. The normalized spacial score (nSPS) is 12.9. The highest BCUT2D eigenvalue weighted by Gasteiger charge is 2.07. The molecule has 0 fully saturated rings. The highest BCUT2D eigenvalue weighted by atomic mass is 16.5. The first-order valence-corrected chi connectivity index (χ1v) is 6.71. The molecule has 3 nitrogen and oxygen atoms in total. The topological polar surface area (TPSA) is 41.5 Å². The Kier molecular flexibility index (Phi) is 7.65. The lowest BCUT2D eigenvalue weighted by Gasteiger charge is -2.18. The van der Waals surface area contributed by atoms with Gasteiger partial charge in [-0.2, -0.15) is 0 Å². The number of benzene rings is 1. The third-order valence-corrected chi connectivity index (χ3v) is 2.71. The predicted molar refractivity (Wildman–Crippen MR) is 74.7 cm³/mol. The van der Waals surface area contributed by atoms with Gasteiger partial charge in [0.2, 0.25) is 0 Å². The summed E-state index contributed by atoms with van der Waals surface area (Å²) < 4.78 is 5.59. The Morgan fingerprint density at radius 1 is 1.22 bits per heavy atom. The Labute approximate surface area is 110 Å². The van der Waals surface area contributed by atoms with Gasteiger partial charge in [-0.3, -0.25) is 0 Å². The summed E-state index contributed by atoms with van der Waals surface area (Å²) in [6, 6.07) is 10.8. The lowest BCUT2D eigenvalue weighted by molar-refractivity contribution is 0.0844. The third-order valence-electron chi connectivity index (χ3n) is 2.71. The second-order valence-corrected chi connectivity index (χ2v) is 4.86. The molecule has 18 heavy (non-hydrogen) atoms. The minimum atomic E-state index is 0.0433. The Morgan fingerprint density at radius 2 is 1.94 bits per heavy atom. The molecule has 0 radical (unpaired) electrons. The van der Waals surface area contributed by atoms with Gasteiger partial charge in [-0.15, -0.1) is 0 Å². The van der Waals surface area contributed by atoms with Crippen LogP contribution in [0.2, 0.25) is 0 Å². The van der Waals surface area contributed by atoms with E-state index in [-0.39, 0.29) is 12.6 Å². The van der Waals surface area contributed by atoms with Crippen molar-refractivity contribution in [2.24, 2.45) is 0 Å². The fourth-order valence-corrected chi connectivity index (χ4v) is 1.87. The molecule has 1 rings (SSSR count).